The lowest BCUT2D eigenvalue weighted by molar-refractivity contribution is -0.132. The summed E-state index contributed by atoms with van der Waals surface area (Å²) in [5.74, 6) is 0.328. The minimum absolute atomic E-state index is 0.0827. The molecule has 1 heterocycles. The van der Waals surface area contributed by atoms with Gasteiger partial charge in [-0.3, -0.25) is 4.79 Å². The third-order valence-corrected chi connectivity index (χ3v) is 4.25. The van der Waals surface area contributed by atoms with Gasteiger partial charge in [-0.2, -0.15) is 11.8 Å². The smallest absolute Gasteiger partial charge is 0.224 e. The Balaban J connectivity index is 2.49. The highest BCUT2D eigenvalue weighted by molar-refractivity contribution is 7.99. The van der Waals surface area contributed by atoms with Gasteiger partial charge < -0.3 is 4.90 Å². The first-order valence-electron chi connectivity index (χ1n) is 5.31. The van der Waals surface area contributed by atoms with Crippen LogP contribution in [0, 0.1) is 0 Å². The number of thioether (sulfide) groups is 1. The molecule has 0 bridgehead atoms. The second-order valence-electron chi connectivity index (χ2n) is 4.72. The Labute approximate surface area is 91.4 Å². The molecule has 0 saturated carbocycles. The normalized spacial score (nSPS) is 22.9. The molecule has 1 aliphatic rings. The van der Waals surface area contributed by atoms with Gasteiger partial charge in [0.25, 0.3) is 0 Å². The number of nitrogens with zero attached hydrogens (tertiary/aromatic N) is 1. The second-order valence-corrected chi connectivity index (χ2v) is 6.23. The van der Waals surface area contributed by atoms with Crippen molar-refractivity contribution in [2.75, 3.05) is 12.8 Å². The summed E-state index contributed by atoms with van der Waals surface area (Å²) in [6.07, 6.45) is 5.08. The molecule has 3 heteroatoms. The van der Waals surface area contributed by atoms with Crippen molar-refractivity contribution < 1.29 is 4.79 Å². The maximum absolute atomic E-state index is 11.9. The van der Waals surface area contributed by atoms with Crippen molar-refractivity contribution in [2.45, 2.75) is 50.8 Å². The fraction of sp³-hybridized carbons (Fsp3) is 0.909. The molecule has 0 radical (unpaired) electrons. The van der Waals surface area contributed by atoms with Crippen LogP contribution >= 0.6 is 11.8 Å². The summed E-state index contributed by atoms with van der Waals surface area (Å²) in [4.78, 5) is 14.0. The molecule has 0 N–H and O–H groups in total. The maximum atomic E-state index is 11.9. The third kappa shape index (κ3) is 2.91. The molecule has 0 aromatic heterocycles. The number of carbonyl (C=O) groups is 1. The Morgan fingerprint density at radius 1 is 1.57 bits per heavy atom. The second kappa shape index (κ2) is 4.56. The van der Waals surface area contributed by atoms with Crippen molar-refractivity contribution in [2.24, 2.45) is 0 Å². The molecule has 2 nitrogen and oxygen atoms in total. The van der Waals surface area contributed by atoms with E-state index >= 15 is 0 Å². The fourth-order valence-corrected chi connectivity index (χ4v) is 2.11. The first kappa shape index (κ1) is 11.9. The van der Waals surface area contributed by atoms with Gasteiger partial charge in [-0.1, -0.05) is 13.8 Å². The van der Waals surface area contributed by atoms with Gasteiger partial charge in [0, 0.05) is 23.8 Å². The molecular formula is C11H21NOS. The standard InChI is InChI=1S/C11H21NOS/c1-9-6-5-7-12(9)10(13)8-11(2,3)14-4/h9H,5-8H2,1-4H3. The Hall–Kier alpha value is -0.180. The van der Waals surface area contributed by atoms with Crippen molar-refractivity contribution in [3.8, 4) is 0 Å². The zero-order valence-corrected chi connectivity index (χ0v) is 10.5. The van der Waals surface area contributed by atoms with Gasteiger partial charge in [-0.25, -0.2) is 0 Å². The quantitative estimate of drug-likeness (QED) is 0.721. The van der Waals surface area contributed by atoms with Crippen molar-refractivity contribution >= 4 is 17.7 Å². The maximum Gasteiger partial charge on any atom is 0.224 e. The van der Waals surface area contributed by atoms with Gasteiger partial charge in [0.05, 0.1) is 0 Å². The van der Waals surface area contributed by atoms with Crippen LogP contribution in [0.2, 0.25) is 0 Å². The first-order chi connectivity index (χ1) is 6.46. The topological polar surface area (TPSA) is 20.3 Å². The van der Waals surface area contributed by atoms with Gasteiger partial charge >= 0.3 is 0 Å². The highest BCUT2D eigenvalue weighted by Gasteiger charge is 2.29. The Bertz CT molecular complexity index is 215. The number of likely N-dealkylation sites (tertiary alicyclic amines) is 1. The lowest BCUT2D eigenvalue weighted by Crippen LogP contribution is -2.37. The molecule has 14 heavy (non-hydrogen) atoms. The molecule has 82 valence electrons. The van der Waals surface area contributed by atoms with E-state index in [1.807, 2.05) is 4.90 Å². The lowest BCUT2D eigenvalue weighted by atomic mass is 10.1. The SMILES string of the molecule is CSC(C)(C)CC(=O)N1CCCC1C. The number of hydrogen-bond donors (Lipinski definition) is 0. The lowest BCUT2D eigenvalue weighted by Gasteiger charge is -2.27. The zero-order valence-electron chi connectivity index (χ0n) is 9.67. The van der Waals surface area contributed by atoms with Crippen LogP contribution in [0.5, 0.6) is 0 Å². The van der Waals surface area contributed by atoms with Crippen LogP contribution in [0.15, 0.2) is 0 Å². The monoisotopic (exact) mass is 215 g/mol. The number of carbonyl (C=O) groups excluding carboxylic acids is 1. The van der Waals surface area contributed by atoms with Crippen molar-refractivity contribution in [1.29, 1.82) is 0 Å². The fourth-order valence-electron chi connectivity index (χ4n) is 1.84. The van der Waals surface area contributed by atoms with E-state index in [-0.39, 0.29) is 4.75 Å². The molecule has 1 rings (SSSR count). The number of rotatable bonds is 3. The molecule has 1 fully saturated rings. The van der Waals surface area contributed by atoms with E-state index in [0.717, 1.165) is 6.54 Å². The minimum Gasteiger partial charge on any atom is -0.340 e. The zero-order chi connectivity index (χ0) is 10.8. The van der Waals surface area contributed by atoms with Gasteiger partial charge in [0.2, 0.25) is 5.91 Å². The first-order valence-corrected chi connectivity index (χ1v) is 6.53. The summed E-state index contributed by atoms with van der Waals surface area (Å²) in [5.41, 5.74) is 0. The molecule has 1 atom stereocenters. The molecule has 1 saturated heterocycles. The van der Waals surface area contributed by atoms with Crippen LogP contribution in [0.25, 0.3) is 0 Å². The van der Waals surface area contributed by atoms with Crippen molar-refractivity contribution in [3.05, 3.63) is 0 Å². The molecule has 0 spiro atoms. The number of hydrogen-bond acceptors (Lipinski definition) is 2. The van der Waals surface area contributed by atoms with Crippen LogP contribution in [0.4, 0.5) is 0 Å². The third-order valence-electron chi connectivity index (χ3n) is 3.00. The molecule has 1 amide bonds. The summed E-state index contributed by atoms with van der Waals surface area (Å²) in [7, 11) is 0. The van der Waals surface area contributed by atoms with E-state index < -0.39 is 0 Å². The number of amides is 1. The summed E-state index contributed by atoms with van der Waals surface area (Å²) in [6, 6.07) is 0.458. The van der Waals surface area contributed by atoms with E-state index in [2.05, 4.69) is 27.0 Å². The highest BCUT2D eigenvalue weighted by atomic mass is 32.2. The van der Waals surface area contributed by atoms with Gasteiger partial charge in [-0.15, -0.1) is 0 Å². The van der Waals surface area contributed by atoms with Crippen LogP contribution in [0.3, 0.4) is 0 Å². The van der Waals surface area contributed by atoms with E-state index in [9.17, 15) is 4.79 Å². The average molecular weight is 215 g/mol. The molecule has 0 aromatic carbocycles. The van der Waals surface area contributed by atoms with E-state index in [0.29, 0.717) is 18.4 Å². The Morgan fingerprint density at radius 3 is 2.64 bits per heavy atom. The summed E-state index contributed by atoms with van der Waals surface area (Å²) < 4.78 is 0.0827. The van der Waals surface area contributed by atoms with Crippen molar-refractivity contribution in [3.63, 3.8) is 0 Å². The molecular weight excluding hydrogens is 194 g/mol. The molecule has 0 aromatic rings. The van der Waals surface area contributed by atoms with E-state index in [4.69, 9.17) is 0 Å². The Kier molecular flexibility index (Phi) is 3.87. The largest absolute Gasteiger partial charge is 0.340 e. The predicted octanol–water partition coefficient (Wildman–Crippen LogP) is 2.53. The average Bonchev–Trinajstić information content (AvgIpc) is 2.51. The van der Waals surface area contributed by atoms with Gasteiger partial charge in [0.1, 0.15) is 0 Å². The predicted molar refractivity (Wildman–Crippen MR) is 62.6 cm³/mol. The van der Waals surface area contributed by atoms with Crippen LogP contribution in [-0.4, -0.2) is 34.4 Å². The van der Waals surface area contributed by atoms with Gasteiger partial charge in [-0.05, 0) is 26.0 Å². The minimum atomic E-state index is 0.0827. The highest BCUT2D eigenvalue weighted by Crippen LogP contribution is 2.28. The van der Waals surface area contributed by atoms with Crippen LogP contribution < -0.4 is 0 Å². The van der Waals surface area contributed by atoms with E-state index in [1.54, 1.807) is 11.8 Å². The summed E-state index contributed by atoms with van der Waals surface area (Å²) in [6.45, 7) is 7.38. The van der Waals surface area contributed by atoms with Crippen LogP contribution in [0.1, 0.15) is 40.0 Å². The molecule has 1 unspecified atom stereocenters. The Morgan fingerprint density at radius 2 is 2.21 bits per heavy atom. The summed E-state index contributed by atoms with van der Waals surface area (Å²) in [5, 5.41) is 0. The molecule has 1 aliphatic heterocycles. The molecule has 0 aliphatic carbocycles. The van der Waals surface area contributed by atoms with Crippen molar-refractivity contribution in [1.82, 2.24) is 4.90 Å². The van der Waals surface area contributed by atoms with Gasteiger partial charge in [0.15, 0.2) is 0 Å². The van der Waals surface area contributed by atoms with Crippen LogP contribution in [-0.2, 0) is 4.79 Å². The van der Waals surface area contributed by atoms with E-state index in [1.165, 1.54) is 12.8 Å². The summed E-state index contributed by atoms with van der Waals surface area (Å²) >= 11 is 1.77.